The maximum Gasteiger partial charge on any atom is 0.212 e. The van der Waals surface area contributed by atoms with E-state index < -0.39 is 31.4 Å². The van der Waals surface area contributed by atoms with Gasteiger partial charge in [-0.3, -0.25) is 0 Å². The summed E-state index contributed by atoms with van der Waals surface area (Å²) in [7, 11) is 1.81. The lowest BCUT2D eigenvalue weighted by atomic mass is 9.83. The number of aryl methyl sites for hydroxylation is 3. The van der Waals surface area contributed by atoms with Gasteiger partial charge in [-0.25, -0.2) is 4.57 Å². The van der Waals surface area contributed by atoms with Crippen LogP contribution in [0.2, 0.25) is 0 Å². The zero-order chi connectivity index (χ0) is 29.9. The van der Waals surface area contributed by atoms with E-state index in [1.54, 1.807) is 57.3 Å². The molecule has 0 aliphatic heterocycles. The van der Waals surface area contributed by atoms with E-state index in [9.17, 15) is 0 Å². The number of aromatic nitrogens is 1. The Bertz CT molecular complexity index is 1390. The van der Waals surface area contributed by atoms with E-state index in [1.807, 2.05) is 32.4 Å². The molecule has 0 radical (unpaired) electrons. The van der Waals surface area contributed by atoms with Crippen LogP contribution >= 0.6 is 0 Å². The smallest absolute Gasteiger partial charge is 0.201 e. The zero-order valence-corrected chi connectivity index (χ0v) is 19.1. The first-order chi connectivity index (χ1) is 17.5. The van der Waals surface area contributed by atoms with Gasteiger partial charge in [-0.2, -0.15) is 0 Å². The Morgan fingerprint density at radius 1 is 1.03 bits per heavy atom. The molecule has 1 heteroatoms. The highest BCUT2D eigenvalue weighted by Crippen LogP contribution is 2.36. The third-order valence-electron chi connectivity index (χ3n) is 5.26. The summed E-state index contributed by atoms with van der Waals surface area (Å²) in [6, 6.07) is 11.4. The number of benzene rings is 2. The van der Waals surface area contributed by atoms with E-state index in [2.05, 4.69) is 0 Å². The molecule has 3 rings (SSSR count). The lowest BCUT2D eigenvalue weighted by Gasteiger charge is -2.22. The Morgan fingerprint density at radius 2 is 1.73 bits per heavy atom. The van der Waals surface area contributed by atoms with E-state index in [0.29, 0.717) is 39.1 Å². The van der Waals surface area contributed by atoms with E-state index in [1.165, 1.54) is 12.1 Å². The second-order valence-corrected chi connectivity index (χ2v) is 9.18. The molecule has 0 unspecified atom stereocenters. The highest BCUT2D eigenvalue weighted by atomic mass is 14.9. The summed E-state index contributed by atoms with van der Waals surface area (Å²) < 4.78 is 77.5. The molecule has 0 atom stereocenters. The third-order valence-corrected chi connectivity index (χ3v) is 5.26. The third kappa shape index (κ3) is 4.51. The van der Waals surface area contributed by atoms with Crippen molar-refractivity contribution >= 4 is 0 Å². The quantitative estimate of drug-likeness (QED) is 0.393. The van der Waals surface area contributed by atoms with Crippen molar-refractivity contribution in [2.24, 2.45) is 12.5 Å². The number of hydrogen-bond donors (Lipinski definition) is 0. The van der Waals surface area contributed by atoms with Crippen molar-refractivity contribution in [3.63, 3.8) is 0 Å². The minimum atomic E-state index is -2.49. The molecule has 1 aromatic heterocycles. The Kier molecular flexibility index (Phi) is 3.66. The first kappa shape index (κ1) is 13.1. The van der Waals surface area contributed by atoms with Crippen molar-refractivity contribution in [3.05, 3.63) is 76.5 Å². The molecule has 158 valence electrons. The normalized spacial score (nSPS) is 18.0. The molecule has 0 saturated heterocycles. The second kappa shape index (κ2) is 8.38. The van der Waals surface area contributed by atoms with Crippen LogP contribution < -0.4 is 4.57 Å². The summed E-state index contributed by atoms with van der Waals surface area (Å²) in [5.74, 6) is -1.08. The van der Waals surface area contributed by atoms with Crippen molar-refractivity contribution in [1.82, 2.24) is 0 Å². The van der Waals surface area contributed by atoms with Crippen molar-refractivity contribution in [2.75, 3.05) is 0 Å². The molecule has 1 nitrogen and oxygen atoms in total. The minimum absolute atomic E-state index is 0.0530. The van der Waals surface area contributed by atoms with Crippen LogP contribution in [0.5, 0.6) is 0 Å². The van der Waals surface area contributed by atoms with E-state index in [4.69, 9.17) is 12.3 Å². The summed E-state index contributed by atoms with van der Waals surface area (Å²) in [5.41, 5.74) is 2.84. The van der Waals surface area contributed by atoms with Gasteiger partial charge in [0.2, 0.25) is 5.69 Å². The topological polar surface area (TPSA) is 3.88 Å². The van der Waals surface area contributed by atoms with Crippen LogP contribution in [0.4, 0.5) is 0 Å². The first-order valence-electron chi connectivity index (χ1n) is 14.8. The van der Waals surface area contributed by atoms with Gasteiger partial charge >= 0.3 is 0 Å². The zero-order valence-electron chi connectivity index (χ0n) is 28.1. The van der Waals surface area contributed by atoms with Crippen LogP contribution in [-0.4, -0.2) is 0 Å². The fourth-order valence-electron chi connectivity index (χ4n) is 3.86. The molecule has 0 N–H and O–H groups in total. The molecule has 0 spiro atoms. The molecule has 30 heavy (non-hydrogen) atoms. The number of rotatable bonds is 4. The predicted octanol–water partition coefficient (Wildman–Crippen LogP) is 7.48. The highest BCUT2D eigenvalue weighted by molar-refractivity contribution is 5.80. The molecule has 2 aromatic carbocycles. The van der Waals surface area contributed by atoms with Gasteiger partial charge in [0, 0.05) is 29.5 Å². The average Bonchev–Trinajstić information content (AvgIpc) is 2.76. The maximum atomic E-state index is 9.05. The highest BCUT2D eigenvalue weighted by Gasteiger charge is 2.23. The Balaban J connectivity index is 2.48. The maximum absolute atomic E-state index is 9.05. The Morgan fingerprint density at radius 3 is 2.37 bits per heavy atom. The van der Waals surface area contributed by atoms with Crippen molar-refractivity contribution in [2.45, 2.75) is 67.5 Å². The van der Waals surface area contributed by atoms with Crippen LogP contribution in [-0.2, 0) is 13.4 Å². The van der Waals surface area contributed by atoms with Crippen LogP contribution in [0, 0.1) is 26.0 Å². The average molecular weight is 410 g/mol. The Labute approximate surface area is 196 Å². The van der Waals surface area contributed by atoms with Gasteiger partial charge in [0.25, 0.3) is 0 Å². The molecule has 0 bridgehead atoms. The SMILES string of the molecule is [2H]C([2H])([2H])c1ccccc1-c1c(C([2H])([2H])[2H])ccc(-c2cc(C([2H])([2H])C(C)(C)C)c(C([2H])(C)C)c[n+]2C)c1C. The fraction of sp³-hybridized carbons (Fsp3) is 0.414. The summed E-state index contributed by atoms with van der Waals surface area (Å²) in [6.07, 6.45) is -0.0126. The molecule has 0 fully saturated rings. The van der Waals surface area contributed by atoms with Gasteiger partial charge in [0.1, 0.15) is 7.05 Å². The van der Waals surface area contributed by atoms with E-state index in [0.717, 1.165) is 0 Å². The fourth-order valence-corrected chi connectivity index (χ4v) is 3.86. The summed E-state index contributed by atoms with van der Waals surface area (Å²) in [4.78, 5) is 0. The van der Waals surface area contributed by atoms with Gasteiger partial charge < -0.3 is 0 Å². The van der Waals surface area contributed by atoms with Crippen LogP contribution in [0.3, 0.4) is 0 Å². The van der Waals surface area contributed by atoms with Crippen LogP contribution in [0.25, 0.3) is 22.4 Å². The largest absolute Gasteiger partial charge is 0.212 e. The lowest BCUT2D eigenvalue weighted by molar-refractivity contribution is -0.661. The van der Waals surface area contributed by atoms with Crippen LogP contribution in [0.1, 0.15) is 80.7 Å². The second-order valence-electron chi connectivity index (χ2n) is 9.18. The molecule has 0 amide bonds. The lowest BCUT2D eigenvalue weighted by Crippen LogP contribution is -2.33. The van der Waals surface area contributed by atoms with Gasteiger partial charge in [-0.1, -0.05) is 65.0 Å². The standard InChI is InChI=1S/C29H38N/c1-19(2)26-18-30(9)27(16-23(26)17-29(6,7)8)25-15-14-21(4)28(22(25)5)24-13-11-10-12-20(24)3/h10-16,18-19H,17H2,1-9H3/q+1/i3D3,4D3,17D2,19D. The van der Waals surface area contributed by atoms with Crippen molar-refractivity contribution in [3.8, 4) is 22.4 Å². The van der Waals surface area contributed by atoms with Gasteiger partial charge in [-0.15, -0.1) is 0 Å². The van der Waals surface area contributed by atoms with Gasteiger partial charge in [-0.05, 0) is 77.8 Å². The van der Waals surface area contributed by atoms with Crippen LogP contribution in [0.15, 0.2) is 48.7 Å². The summed E-state index contributed by atoms with van der Waals surface area (Å²) in [6.45, 7) is 5.75. The van der Waals surface area contributed by atoms with E-state index in [-0.39, 0.29) is 11.1 Å². The molecular formula is C29H38N+. The monoisotopic (exact) mass is 409 g/mol. The predicted molar refractivity (Wildman–Crippen MR) is 130 cm³/mol. The summed E-state index contributed by atoms with van der Waals surface area (Å²) >= 11 is 0. The van der Waals surface area contributed by atoms with E-state index >= 15 is 0 Å². The summed E-state index contributed by atoms with van der Waals surface area (Å²) in [5, 5.41) is 0. The number of pyridine rings is 1. The van der Waals surface area contributed by atoms with Gasteiger partial charge in [0.05, 0.1) is 0 Å². The molecule has 0 aliphatic carbocycles. The first-order valence-corrected chi connectivity index (χ1v) is 10.3. The molecular weight excluding hydrogens is 362 g/mol. The molecule has 1 heterocycles. The molecule has 0 saturated carbocycles. The number of hydrogen-bond acceptors (Lipinski definition) is 0. The Hall–Kier alpha value is -2.41. The van der Waals surface area contributed by atoms with Crippen molar-refractivity contribution in [1.29, 1.82) is 0 Å². The van der Waals surface area contributed by atoms with Gasteiger partial charge in [0.15, 0.2) is 6.20 Å². The minimum Gasteiger partial charge on any atom is -0.201 e. The van der Waals surface area contributed by atoms with Crippen molar-refractivity contribution < 1.29 is 16.9 Å². The number of nitrogens with zero attached hydrogens (tertiary/aromatic N) is 1. The molecule has 3 aromatic rings. The molecule has 0 aliphatic rings.